The fourth-order valence-corrected chi connectivity index (χ4v) is 3.84. The molecular weight excluding hydrogens is 312 g/mol. The van der Waals surface area contributed by atoms with Crippen LogP contribution in [0.1, 0.15) is 17.5 Å². The van der Waals surface area contributed by atoms with Crippen molar-refractivity contribution >= 4 is 21.6 Å². The Morgan fingerprint density at radius 3 is 2.57 bits per heavy atom. The second-order valence-electron chi connectivity index (χ2n) is 5.61. The second kappa shape index (κ2) is 6.14. The first-order valence-corrected chi connectivity index (χ1v) is 8.84. The Labute approximate surface area is 136 Å². The summed E-state index contributed by atoms with van der Waals surface area (Å²) in [4.78, 5) is 11.6. The predicted octanol–water partition coefficient (Wildman–Crippen LogP) is 2.39. The van der Waals surface area contributed by atoms with Gasteiger partial charge in [0.25, 0.3) is 0 Å². The Morgan fingerprint density at radius 2 is 1.83 bits per heavy atom. The minimum Gasteiger partial charge on any atom is -0.326 e. The molecule has 1 aliphatic rings. The zero-order valence-electron chi connectivity index (χ0n) is 12.8. The van der Waals surface area contributed by atoms with Crippen molar-refractivity contribution in [2.24, 2.45) is 0 Å². The molecule has 0 radical (unpaired) electrons. The molecule has 0 saturated heterocycles. The highest BCUT2D eigenvalue weighted by atomic mass is 32.2. The van der Waals surface area contributed by atoms with Gasteiger partial charge in [-0.2, -0.15) is 4.31 Å². The van der Waals surface area contributed by atoms with Crippen molar-refractivity contribution in [1.29, 1.82) is 0 Å². The maximum Gasteiger partial charge on any atom is 0.243 e. The molecule has 0 aromatic heterocycles. The Kier molecular flexibility index (Phi) is 4.19. The van der Waals surface area contributed by atoms with Crippen LogP contribution in [0.2, 0.25) is 0 Å². The highest BCUT2D eigenvalue weighted by Gasteiger charge is 2.23. The molecule has 6 heteroatoms. The molecule has 3 rings (SSSR count). The summed E-state index contributed by atoms with van der Waals surface area (Å²) in [5, 5.41) is 2.76. The lowest BCUT2D eigenvalue weighted by molar-refractivity contribution is -0.116. The van der Waals surface area contributed by atoms with E-state index in [0.717, 1.165) is 11.1 Å². The van der Waals surface area contributed by atoms with E-state index in [4.69, 9.17) is 0 Å². The normalized spacial score (nSPS) is 14.4. The topological polar surface area (TPSA) is 66.5 Å². The van der Waals surface area contributed by atoms with Gasteiger partial charge in [0.15, 0.2) is 0 Å². The molecule has 0 atom stereocenters. The SMILES string of the molecule is CN(Cc1ccccc1)S(=O)(=O)c1ccc2c(c1)CCC(=O)N2. The lowest BCUT2D eigenvalue weighted by Crippen LogP contribution is -2.27. The van der Waals surface area contributed by atoms with E-state index < -0.39 is 10.0 Å². The molecule has 0 bridgehead atoms. The summed E-state index contributed by atoms with van der Waals surface area (Å²) < 4.78 is 26.8. The lowest BCUT2D eigenvalue weighted by Gasteiger charge is -2.20. The molecule has 1 heterocycles. The van der Waals surface area contributed by atoms with E-state index in [2.05, 4.69) is 5.32 Å². The molecule has 120 valence electrons. The first-order chi connectivity index (χ1) is 11.0. The van der Waals surface area contributed by atoms with Crippen molar-refractivity contribution in [3.05, 3.63) is 59.7 Å². The number of nitrogens with zero attached hydrogens (tertiary/aromatic N) is 1. The van der Waals surface area contributed by atoms with Gasteiger partial charge in [-0.25, -0.2) is 8.42 Å². The Morgan fingerprint density at radius 1 is 1.09 bits per heavy atom. The number of sulfonamides is 1. The number of carbonyl (C=O) groups excluding carboxylic acids is 1. The van der Waals surface area contributed by atoms with Crippen molar-refractivity contribution in [1.82, 2.24) is 4.31 Å². The van der Waals surface area contributed by atoms with Crippen molar-refractivity contribution in [3.63, 3.8) is 0 Å². The molecule has 0 spiro atoms. The summed E-state index contributed by atoms with van der Waals surface area (Å²) >= 11 is 0. The number of rotatable bonds is 4. The molecule has 0 aliphatic carbocycles. The summed E-state index contributed by atoms with van der Waals surface area (Å²) in [6.45, 7) is 0.316. The number of benzene rings is 2. The van der Waals surface area contributed by atoms with E-state index in [-0.39, 0.29) is 10.8 Å². The maximum atomic E-state index is 12.7. The molecule has 0 fully saturated rings. The molecule has 1 aliphatic heterocycles. The smallest absolute Gasteiger partial charge is 0.243 e. The van der Waals surface area contributed by atoms with Gasteiger partial charge in [-0.15, -0.1) is 0 Å². The Bertz CT molecular complexity index is 832. The standard InChI is InChI=1S/C17H18N2O3S/c1-19(12-13-5-3-2-4-6-13)23(21,22)15-8-9-16-14(11-15)7-10-17(20)18-16/h2-6,8-9,11H,7,10,12H2,1H3,(H,18,20). The number of hydrogen-bond donors (Lipinski definition) is 1. The van der Waals surface area contributed by atoms with Crippen LogP contribution in [0.25, 0.3) is 0 Å². The van der Waals surface area contributed by atoms with Gasteiger partial charge in [-0.3, -0.25) is 4.79 Å². The van der Waals surface area contributed by atoms with Crippen LogP contribution in [0, 0.1) is 0 Å². The van der Waals surface area contributed by atoms with Crippen LogP contribution in [0.5, 0.6) is 0 Å². The number of amides is 1. The van der Waals surface area contributed by atoms with Gasteiger partial charge in [0, 0.05) is 25.7 Å². The van der Waals surface area contributed by atoms with E-state index in [1.807, 2.05) is 30.3 Å². The quantitative estimate of drug-likeness (QED) is 0.936. The number of hydrogen-bond acceptors (Lipinski definition) is 3. The number of fused-ring (bicyclic) bond motifs is 1. The van der Waals surface area contributed by atoms with Gasteiger partial charge >= 0.3 is 0 Å². The average molecular weight is 330 g/mol. The first-order valence-electron chi connectivity index (χ1n) is 7.40. The highest BCUT2D eigenvalue weighted by Crippen LogP contribution is 2.27. The first kappa shape index (κ1) is 15.7. The summed E-state index contributed by atoms with van der Waals surface area (Å²) in [5.74, 6) is -0.0331. The van der Waals surface area contributed by atoms with E-state index in [1.165, 1.54) is 4.31 Å². The van der Waals surface area contributed by atoms with Crippen molar-refractivity contribution in [3.8, 4) is 0 Å². The monoisotopic (exact) mass is 330 g/mol. The third-order valence-corrected chi connectivity index (χ3v) is 5.73. The molecule has 1 amide bonds. The van der Waals surface area contributed by atoms with E-state index in [9.17, 15) is 13.2 Å². The fourth-order valence-electron chi connectivity index (χ4n) is 2.63. The molecule has 2 aromatic carbocycles. The summed E-state index contributed by atoms with van der Waals surface area (Å²) in [6.07, 6.45) is 0.948. The minimum atomic E-state index is -3.56. The summed E-state index contributed by atoms with van der Waals surface area (Å²) in [5.41, 5.74) is 2.49. The summed E-state index contributed by atoms with van der Waals surface area (Å²) in [6, 6.07) is 14.3. The van der Waals surface area contributed by atoms with Gasteiger partial charge in [0.2, 0.25) is 15.9 Å². The average Bonchev–Trinajstić information content (AvgIpc) is 2.55. The molecular formula is C17H18N2O3S. The number of anilines is 1. The number of carbonyl (C=O) groups is 1. The molecule has 0 saturated carbocycles. The summed E-state index contributed by atoms with van der Waals surface area (Å²) in [7, 11) is -1.99. The zero-order valence-corrected chi connectivity index (χ0v) is 13.6. The predicted molar refractivity (Wildman–Crippen MR) is 88.5 cm³/mol. The Balaban J connectivity index is 1.86. The van der Waals surface area contributed by atoms with Gasteiger partial charge in [0.1, 0.15) is 0 Å². The molecule has 5 nitrogen and oxygen atoms in total. The van der Waals surface area contributed by atoms with E-state index >= 15 is 0 Å². The third kappa shape index (κ3) is 3.28. The van der Waals surface area contributed by atoms with Crippen molar-refractivity contribution in [2.75, 3.05) is 12.4 Å². The number of nitrogens with one attached hydrogen (secondary N) is 1. The zero-order chi connectivity index (χ0) is 16.4. The number of aryl methyl sites for hydroxylation is 1. The van der Waals surface area contributed by atoms with Crippen LogP contribution in [0.3, 0.4) is 0 Å². The van der Waals surface area contributed by atoms with E-state index in [1.54, 1.807) is 25.2 Å². The third-order valence-electron chi connectivity index (χ3n) is 3.93. The van der Waals surface area contributed by atoms with Gasteiger partial charge in [-0.1, -0.05) is 30.3 Å². The highest BCUT2D eigenvalue weighted by molar-refractivity contribution is 7.89. The van der Waals surface area contributed by atoms with Gasteiger partial charge in [-0.05, 0) is 35.7 Å². The van der Waals surface area contributed by atoms with E-state index in [0.29, 0.717) is 25.1 Å². The van der Waals surface area contributed by atoms with Gasteiger partial charge in [0.05, 0.1) is 4.90 Å². The fraction of sp³-hybridized carbons (Fsp3) is 0.235. The van der Waals surface area contributed by atoms with Crippen LogP contribution in [0.4, 0.5) is 5.69 Å². The largest absolute Gasteiger partial charge is 0.326 e. The molecule has 2 aromatic rings. The van der Waals surface area contributed by atoms with Crippen molar-refractivity contribution < 1.29 is 13.2 Å². The minimum absolute atomic E-state index is 0.0331. The van der Waals surface area contributed by atoms with Crippen LogP contribution in [0.15, 0.2) is 53.4 Å². The van der Waals surface area contributed by atoms with Crippen LogP contribution < -0.4 is 5.32 Å². The second-order valence-corrected chi connectivity index (χ2v) is 7.66. The molecule has 23 heavy (non-hydrogen) atoms. The molecule has 1 N–H and O–H groups in total. The van der Waals surface area contributed by atoms with Crippen LogP contribution in [-0.2, 0) is 27.8 Å². The van der Waals surface area contributed by atoms with Crippen LogP contribution >= 0.6 is 0 Å². The van der Waals surface area contributed by atoms with Gasteiger partial charge < -0.3 is 5.32 Å². The maximum absolute atomic E-state index is 12.7. The molecule has 0 unspecified atom stereocenters. The van der Waals surface area contributed by atoms with Crippen molar-refractivity contribution in [2.45, 2.75) is 24.3 Å². The van der Waals surface area contributed by atoms with Crippen LogP contribution in [-0.4, -0.2) is 25.7 Å². The lowest BCUT2D eigenvalue weighted by atomic mass is 10.0. The Hall–Kier alpha value is -2.18.